The molecule has 0 saturated carbocycles. The van der Waals surface area contributed by atoms with Crippen LogP contribution in [0.25, 0.3) is 10.9 Å². The van der Waals surface area contributed by atoms with Crippen molar-refractivity contribution in [2.45, 2.75) is 6.92 Å². The number of nitrogens with one attached hydrogen (secondary N) is 1. The molecule has 3 rings (SSSR count). The van der Waals surface area contributed by atoms with Crippen LogP contribution in [-0.4, -0.2) is 26.8 Å². The summed E-state index contributed by atoms with van der Waals surface area (Å²) in [5, 5.41) is 5.60. The van der Waals surface area contributed by atoms with E-state index in [4.69, 9.17) is 0 Å². The normalized spacial score (nSPS) is 10.9. The highest BCUT2D eigenvalue weighted by molar-refractivity contribution is 5.85. The summed E-state index contributed by atoms with van der Waals surface area (Å²) in [5.74, 6) is 0.692. The molecule has 3 aromatic rings. The second-order valence-corrected chi connectivity index (χ2v) is 4.73. The van der Waals surface area contributed by atoms with E-state index in [2.05, 4.69) is 15.1 Å². The number of nitrogens with zero attached hydrogens (tertiary/aromatic N) is 4. The zero-order valence-corrected chi connectivity index (χ0v) is 11.6. The van der Waals surface area contributed by atoms with Crippen LogP contribution >= 0.6 is 0 Å². The highest BCUT2D eigenvalue weighted by Crippen LogP contribution is 2.26. The number of anilines is 2. The van der Waals surface area contributed by atoms with Gasteiger partial charge in [0.2, 0.25) is 0 Å². The lowest BCUT2D eigenvalue weighted by Crippen LogP contribution is -2.17. The van der Waals surface area contributed by atoms with Gasteiger partial charge in [-0.3, -0.25) is 9.67 Å². The molecule has 0 fully saturated rings. The predicted molar refractivity (Wildman–Crippen MR) is 78.4 cm³/mol. The lowest BCUT2D eigenvalue weighted by atomic mass is 10.2. The first-order valence-electron chi connectivity index (χ1n) is 6.28. The van der Waals surface area contributed by atoms with Crippen molar-refractivity contribution in [3.05, 3.63) is 46.6 Å². The number of aryl methyl sites for hydroxylation is 2. The number of hydrogen-bond acceptors (Lipinski definition) is 4. The minimum Gasteiger partial charge on any atom is -0.331 e. The Labute approximate surface area is 115 Å². The smallest absolute Gasteiger partial charge is 0.331 e. The quantitative estimate of drug-likeness (QED) is 0.769. The first-order chi connectivity index (χ1) is 9.56. The van der Waals surface area contributed by atoms with E-state index in [0.717, 1.165) is 22.3 Å². The average Bonchev–Trinajstić information content (AvgIpc) is 2.73. The molecular formula is C14H15N5O. The van der Waals surface area contributed by atoms with Gasteiger partial charge in [-0.15, -0.1) is 0 Å². The molecule has 0 spiro atoms. The van der Waals surface area contributed by atoms with E-state index < -0.39 is 0 Å². The SMILES string of the molecule is Cc1c2ccc(N(C)c3ccnc(=O)[nH]3)cc2nn1C. The third-order valence-electron chi connectivity index (χ3n) is 3.52. The molecule has 1 N–H and O–H groups in total. The molecule has 1 aromatic carbocycles. The molecule has 0 aliphatic heterocycles. The molecule has 6 nitrogen and oxygen atoms in total. The van der Waals surface area contributed by atoms with Gasteiger partial charge in [-0.05, 0) is 31.2 Å². The maximum Gasteiger partial charge on any atom is 0.346 e. The summed E-state index contributed by atoms with van der Waals surface area (Å²) < 4.78 is 1.86. The van der Waals surface area contributed by atoms with Crippen molar-refractivity contribution < 1.29 is 0 Å². The van der Waals surface area contributed by atoms with Gasteiger partial charge in [0.25, 0.3) is 0 Å². The van der Waals surface area contributed by atoms with Gasteiger partial charge in [0.1, 0.15) is 5.82 Å². The topological polar surface area (TPSA) is 66.8 Å². The molecule has 0 aliphatic rings. The van der Waals surface area contributed by atoms with Gasteiger partial charge >= 0.3 is 5.69 Å². The monoisotopic (exact) mass is 269 g/mol. The van der Waals surface area contributed by atoms with Crippen LogP contribution in [0.1, 0.15) is 5.69 Å². The molecule has 0 saturated heterocycles. The fraction of sp³-hybridized carbons (Fsp3) is 0.214. The van der Waals surface area contributed by atoms with Crippen LogP contribution in [0.2, 0.25) is 0 Å². The molecule has 0 bridgehead atoms. The van der Waals surface area contributed by atoms with E-state index in [1.165, 1.54) is 6.20 Å². The molecule has 0 amide bonds. The van der Waals surface area contributed by atoms with Crippen LogP contribution < -0.4 is 10.6 Å². The molecule has 6 heteroatoms. The van der Waals surface area contributed by atoms with Crippen molar-refractivity contribution in [1.29, 1.82) is 0 Å². The van der Waals surface area contributed by atoms with Crippen LogP contribution in [0.15, 0.2) is 35.3 Å². The molecule has 0 aliphatic carbocycles. The molecule has 0 radical (unpaired) electrons. The van der Waals surface area contributed by atoms with Crippen molar-refractivity contribution in [3.63, 3.8) is 0 Å². The number of H-pyrrole nitrogens is 1. The highest BCUT2D eigenvalue weighted by atomic mass is 16.1. The van der Waals surface area contributed by atoms with Crippen LogP contribution in [0.5, 0.6) is 0 Å². The maximum atomic E-state index is 11.3. The number of benzene rings is 1. The second-order valence-electron chi connectivity index (χ2n) is 4.73. The molecule has 0 unspecified atom stereocenters. The number of hydrogen-bond donors (Lipinski definition) is 1. The first kappa shape index (κ1) is 12.4. The van der Waals surface area contributed by atoms with Gasteiger partial charge in [0, 0.05) is 37.1 Å². The zero-order chi connectivity index (χ0) is 14.3. The number of aromatic nitrogens is 4. The van der Waals surface area contributed by atoms with Crippen molar-refractivity contribution in [3.8, 4) is 0 Å². The number of rotatable bonds is 2. The summed E-state index contributed by atoms with van der Waals surface area (Å²) in [5.41, 5.74) is 2.67. The summed E-state index contributed by atoms with van der Waals surface area (Å²) in [4.78, 5) is 19.5. The molecule has 2 aromatic heterocycles. The highest BCUT2D eigenvalue weighted by Gasteiger charge is 2.09. The maximum absolute atomic E-state index is 11.3. The zero-order valence-electron chi connectivity index (χ0n) is 11.6. The van der Waals surface area contributed by atoms with Crippen molar-refractivity contribution in [1.82, 2.24) is 19.7 Å². The third-order valence-corrected chi connectivity index (χ3v) is 3.52. The Balaban J connectivity index is 2.08. The third kappa shape index (κ3) is 1.95. The fourth-order valence-corrected chi connectivity index (χ4v) is 2.22. The van der Waals surface area contributed by atoms with E-state index in [9.17, 15) is 4.79 Å². The molecule has 0 atom stereocenters. The number of fused-ring (bicyclic) bond motifs is 1. The molecule has 102 valence electrons. The summed E-state index contributed by atoms with van der Waals surface area (Å²) in [6.07, 6.45) is 1.49. The summed E-state index contributed by atoms with van der Waals surface area (Å²) >= 11 is 0. The van der Waals surface area contributed by atoms with Crippen LogP contribution in [0.3, 0.4) is 0 Å². The Hall–Kier alpha value is -2.63. The van der Waals surface area contributed by atoms with Crippen LogP contribution in [0, 0.1) is 6.92 Å². The summed E-state index contributed by atoms with van der Waals surface area (Å²) in [7, 11) is 3.82. The van der Waals surface area contributed by atoms with E-state index in [1.807, 2.05) is 48.8 Å². The van der Waals surface area contributed by atoms with Crippen molar-refractivity contribution >= 4 is 22.4 Å². The summed E-state index contributed by atoms with van der Waals surface area (Å²) in [6, 6.07) is 7.81. The second kappa shape index (κ2) is 4.48. The largest absolute Gasteiger partial charge is 0.346 e. The lowest BCUT2D eigenvalue weighted by Gasteiger charge is -2.18. The van der Waals surface area contributed by atoms with Crippen LogP contribution in [0.4, 0.5) is 11.5 Å². The first-order valence-corrected chi connectivity index (χ1v) is 6.28. The van der Waals surface area contributed by atoms with Crippen LogP contribution in [-0.2, 0) is 7.05 Å². The average molecular weight is 269 g/mol. The van der Waals surface area contributed by atoms with E-state index in [0.29, 0.717) is 5.82 Å². The Morgan fingerprint density at radius 2 is 2.10 bits per heavy atom. The lowest BCUT2D eigenvalue weighted by molar-refractivity contribution is 0.751. The minimum atomic E-state index is -0.357. The van der Waals surface area contributed by atoms with Gasteiger partial charge in [0.05, 0.1) is 5.52 Å². The Morgan fingerprint density at radius 3 is 2.85 bits per heavy atom. The van der Waals surface area contributed by atoms with Gasteiger partial charge < -0.3 is 4.90 Å². The minimum absolute atomic E-state index is 0.357. The van der Waals surface area contributed by atoms with E-state index >= 15 is 0 Å². The van der Waals surface area contributed by atoms with E-state index in [1.54, 1.807) is 6.07 Å². The molecule has 2 heterocycles. The number of aromatic amines is 1. The van der Waals surface area contributed by atoms with Gasteiger partial charge in [-0.25, -0.2) is 9.78 Å². The fourth-order valence-electron chi connectivity index (χ4n) is 2.22. The van der Waals surface area contributed by atoms with E-state index in [-0.39, 0.29) is 5.69 Å². The molecular weight excluding hydrogens is 254 g/mol. The van der Waals surface area contributed by atoms with Gasteiger partial charge in [0.15, 0.2) is 0 Å². The predicted octanol–water partition coefficient (Wildman–Crippen LogP) is 1.73. The van der Waals surface area contributed by atoms with Gasteiger partial charge in [-0.1, -0.05) is 0 Å². The Morgan fingerprint density at radius 1 is 1.30 bits per heavy atom. The summed E-state index contributed by atoms with van der Waals surface area (Å²) in [6.45, 7) is 2.04. The Bertz CT molecular complexity index is 833. The standard InChI is InChI=1S/C14H15N5O/c1-9-11-5-4-10(8-12(11)17-19(9)3)18(2)13-6-7-15-14(20)16-13/h4-8H,1-3H3,(H,15,16,20). The van der Waals surface area contributed by atoms with Gasteiger partial charge in [-0.2, -0.15) is 5.10 Å². The molecule has 20 heavy (non-hydrogen) atoms. The van der Waals surface area contributed by atoms with Crippen molar-refractivity contribution in [2.24, 2.45) is 7.05 Å². The van der Waals surface area contributed by atoms with Crippen molar-refractivity contribution in [2.75, 3.05) is 11.9 Å². The Kier molecular flexibility index (Phi) is 2.78.